The molecule has 0 aliphatic heterocycles. The molecule has 0 spiro atoms. The van der Waals surface area contributed by atoms with Crippen LogP contribution in [0.5, 0.6) is 0 Å². The summed E-state index contributed by atoms with van der Waals surface area (Å²) in [5, 5.41) is 3.78. The molecule has 4 aromatic rings. The Kier molecular flexibility index (Phi) is 3.24. The van der Waals surface area contributed by atoms with Gasteiger partial charge in [-0.15, -0.1) is 0 Å². The second-order valence-corrected chi connectivity index (χ2v) is 6.46. The summed E-state index contributed by atoms with van der Waals surface area (Å²) in [4.78, 5) is 4.61. The molecule has 1 atom stereocenters. The van der Waals surface area contributed by atoms with Gasteiger partial charge in [0.25, 0.3) is 0 Å². The van der Waals surface area contributed by atoms with E-state index in [1.807, 2.05) is 12.3 Å². The predicted molar refractivity (Wildman–Crippen MR) is 106 cm³/mol. The molecule has 1 nitrogen and oxygen atoms in total. The minimum atomic E-state index is 0.271. The Balaban J connectivity index is 1.63. The largest absolute Gasteiger partial charge is 0.256 e. The van der Waals surface area contributed by atoms with Crippen LogP contribution in [0.15, 0.2) is 97.2 Å². The van der Waals surface area contributed by atoms with Crippen molar-refractivity contribution in [3.63, 3.8) is 0 Å². The van der Waals surface area contributed by atoms with E-state index in [1.54, 1.807) is 0 Å². The summed E-state index contributed by atoms with van der Waals surface area (Å²) >= 11 is 0. The zero-order chi connectivity index (χ0) is 16.6. The molecule has 1 unspecified atom stereocenters. The Bertz CT molecular complexity index is 1140. The smallest absolute Gasteiger partial charge is 0.0743 e. The van der Waals surface area contributed by atoms with E-state index in [2.05, 4.69) is 89.9 Å². The van der Waals surface area contributed by atoms with E-state index < -0.39 is 0 Å². The van der Waals surface area contributed by atoms with Crippen LogP contribution in [0, 0.1) is 0 Å². The van der Waals surface area contributed by atoms with Gasteiger partial charge in [0.15, 0.2) is 0 Å². The summed E-state index contributed by atoms with van der Waals surface area (Å²) in [6.07, 6.45) is 8.75. The summed E-state index contributed by atoms with van der Waals surface area (Å²) in [5.41, 5.74) is 4.94. The quantitative estimate of drug-likeness (QED) is 0.433. The number of aromatic nitrogens is 1. The first-order valence-electron chi connectivity index (χ1n) is 8.62. The van der Waals surface area contributed by atoms with Gasteiger partial charge in [-0.3, -0.25) is 4.98 Å². The average molecular weight is 319 g/mol. The van der Waals surface area contributed by atoms with Crippen LogP contribution in [-0.4, -0.2) is 4.98 Å². The lowest BCUT2D eigenvalue weighted by Crippen LogP contribution is -1.92. The van der Waals surface area contributed by atoms with Gasteiger partial charge in [-0.1, -0.05) is 85.0 Å². The molecule has 0 N–H and O–H groups in total. The van der Waals surface area contributed by atoms with Crippen molar-refractivity contribution in [1.29, 1.82) is 0 Å². The van der Waals surface area contributed by atoms with Crippen molar-refractivity contribution in [1.82, 2.24) is 4.98 Å². The molecule has 0 saturated carbocycles. The van der Waals surface area contributed by atoms with Crippen molar-refractivity contribution in [3.8, 4) is 0 Å². The van der Waals surface area contributed by atoms with E-state index in [1.165, 1.54) is 32.9 Å². The number of benzene rings is 3. The molecular weight excluding hydrogens is 302 g/mol. The van der Waals surface area contributed by atoms with Gasteiger partial charge >= 0.3 is 0 Å². The maximum absolute atomic E-state index is 4.61. The molecule has 118 valence electrons. The van der Waals surface area contributed by atoms with Gasteiger partial charge in [0.05, 0.1) is 5.52 Å². The first-order chi connectivity index (χ1) is 12.4. The molecular formula is C24H17N. The molecule has 25 heavy (non-hydrogen) atoms. The van der Waals surface area contributed by atoms with Crippen LogP contribution in [-0.2, 0) is 0 Å². The fourth-order valence-electron chi connectivity index (χ4n) is 3.76. The van der Waals surface area contributed by atoms with E-state index in [4.69, 9.17) is 0 Å². The van der Waals surface area contributed by atoms with Crippen LogP contribution in [0.4, 0.5) is 0 Å². The second-order valence-electron chi connectivity index (χ2n) is 6.46. The SMILES string of the molecule is C1=CC(c2cccc3cccnc23)C=C1c1cccc2ccccc12. The molecule has 1 heteroatoms. The molecule has 5 rings (SSSR count). The molecule has 3 aromatic carbocycles. The van der Waals surface area contributed by atoms with Crippen LogP contribution in [0.25, 0.3) is 27.2 Å². The number of fused-ring (bicyclic) bond motifs is 2. The predicted octanol–water partition coefficient (Wildman–Crippen LogP) is 6.13. The van der Waals surface area contributed by atoms with Gasteiger partial charge in [-0.05, 0) is 33.5 Å². The lowest BCUT2D eigenvalue weighted by molar-refractivity contribution is 1.11. The van der Waals surface area contributed by atoms with Gasteiger partial charge in [0.2, 0.25) is 0 Å². The highest BCUT2D eigenvalue weighted by Crippen LogP contribution is 2.36. The molecule has 0 radical (unpaired) electrons. The Morgan fingerprint density at radius 2 is 1.52 bits per heavy atom. The van der Waals surface area contributed by atoms with E-state index in [9.17, 15) is 0 Å². The third-order valence-electron chi connectivity index (χ3n) is 4.97. The molecule has 1 aromatic heterocycles. The van der Waals surface area contributed by atoms with Crippen molar-refractivity contribution >= 4 is 27.2 Å². The van der Waals surface area contributed by atoms with Crippen LogP contribution < -0.4 is 0 Å². The van der Waals surface area contributed by atoms with Gasteiger partial charge in [-0.2, -0.15) is 0 Å². The number of para-hydroxylation sites is 1. The summed E-state index contributed by atoms with van der Waals surface area (Å²) in [6, 6.07) is 25.6. The van der Waals surface area contributed by atoms with Gasteiger partial charge in [0.1, 0.15) is 0 Å². The van der Waals surface area contributed by atoms with Crippen LogP contribution in [0.3, 0.4) is 0 Å². The third kappa shape index (κ3) is 2.36. The lowest BCUT2D eigenvalue weighted by atomic mass is 9.95. The number of allylic oxidation sites excluding steroid dienone is 4. The molecule has 1 aliphatic carbocycles. The van der Waals surface area contributed by atoms with Crippen LogP contribution in [0.1, 0.15) is 17.0 Å². The fraction of sp³-hybridized carbons (Fsp3) is 0.0417. The molecule has 0 bridgehead atoms. The molecule has 0 amide bonds. The average Bonchev–Trinajstić information content (AvgIpc) is 3.17. The zero-order valence-electron chi connectivity index (χ0n) is 13.8. The molecule has 1 heterocycles. The normalized spacial score (nSPS) is 16.5. The topological polar surface area (TPSA) is 12.9 Å². The van der Waals surface area contributed by atoms with Gasteiger partial charge in [-0.25, -0.2) is 0 Å². The number of nitrogens with zero attached hydrogens (tertiary/aromatic N) is 1. The maximum Gasteiger partial charge on any atom is 0.0743 e. The highest BCUT2D eigenvalue weighted by atomic mass is 14.6. The Morgan fingerprint density at radius 3 is 2.52 bits per heavy atom. The first kappa shape index (κ1) is 14.2. The summed E-state index contributed by atoms with van der Waals surface area (Å²) in [6.45, 7) is 0. The summed E-state index contributed by atoms with van der Waals surface area (Å²) < 4.78 is 0. The van der Waals surface area contributed by atoms with Crippen molar-refractivity contribution in [2.75, 3.05) is 0 Å². The Hall–Kier alpha value is -3.19. The van der Waals surface area contributed by atoms with Gasteiger partial charge in [0, 0.05) is 17.5 Å². The van der Waals surface area contributed by atoms with Crippen LogP contribution >= 0.6 is 0 Å². The minimum Gasteiger partial charge on any atom is -0.256 e. The van der Waals surface area contributed by atoms with Crippen LogP contribution in [0.2, 0.25) is 0 Å². The van der Waals surface area contributed by atoms with Crippen molar-refractivity contribution in [2.24, 2.45) is 0 Å². The van der Waals surface area contributed by atoms with Crippen molar-refractivity contribution < 1.29 is 0 Å². The summed E-state index contributed by atoms with van der Waals surface area (Å²) in [5.74, 6) is 0.271. The van der Waals surface area contributed by atoms with Crippen molar-refractivity contribution in [3.05, 3.63) is 108 Å². The summed E-state index contributed by atoms with van der Waals surface area (Å²) in [7, 11) is 0. The third-order valence-corrected chi connectivity index (χ3v) is 4.97. The number of pyridine rings is 1. The lowest BCUT2D eigenvalue weighted by Gasteiger charge is -2.10. The van der Waals surface area contributed by atoms with Crippen molar-refractivity contribution in [2.45, 2.75) is 5.92 Å². The number of hydrogen-bond donors (Lipinski definition) is 0. The Morgan fingerprint density at radius 1 is 0.720 bits per heavy atom. The fourth-order valence-corrected chi connectivity index (χ4v) is 3.76. The molecule has 0 fully saturated rings. The van der Waals surface area contributed by atoms with E-state index in [-0.39, 0.29) is 5.92 Å². The van der Waals surface area contributed by atoms with E-state index in [0.717, 1.165) is 5.52 Å². The highest BCUT2D eigenvalue weighted by molar-refractivity contribution is 5.97. The molecule has 0 saturated heterocycles. The maximum atomic E-state index is 4.61. The number of hydrogen-bond acceptors (Lipinski definition) is 1. The first-order valence-corrected chi connectivity index (χ1v) is 8.62. The highest BCUT2D eigenvalue weighted by Gasteiger charge is 2.16. The number of rotatable bonds is 2. The second kappa shape index (κ2) is 5.71. The Labute approximate surface area is 147 Å². The van der Waals surface area contributed by atoms with E-state index >= 15 is 0 Å². The van der Waals surface area contributed by atoms with E-state index in [0.29, 0.717) is 0 Å². The standard InChI is InChI=1S/C24H17N/c1-2-10-21-17(6-1)7-3-11-22(21)19-13-14-20(16-19)23-12-4-8-18-9-5-15-25-24(18)23/h1-16,20H. The minimum absolute atomic E-state index is 0.271. The van der Waals surface area contributed by atoms with Gasteiger partial charge < -0.3 is 0 Å². The monoisotopic (exact) mass is 319 g/mol. The molecule has 1 aliphatic rings. The zero-order valence-corrected chi connectivity index (χ0v) is 13.8.